The van der Waals surface area contributed by atoms with Crippen LogP contribution in [0.3, 0.4) is 0 Å². The summed E-state index contributed by atoms with van der Waals surface area (Å²) in [5.74, 6) is 0.811. The third-order valence-corrected chi connectivity index (χ3v) is 6.49. The molecule has 31 heavy (non-hydrogen) atoms. The molecule has 0 saturated heterocycles. The van der Waals surface area contributed by atoms with E-state index in [9.17, 15) is 8.42 Å². The van der Waals surface area contributed by atoms with Crippen LogP contribution in [0.5, 0.6) is 0 Å². The van der Waals surface area contributed by atoms with Gasteiger partial charge in [-0.2, -0.15) is 0 Å². The second kappa shape index (κ2) is 11.7. The van der Waals surface area contributed by atoms with Crippen LogP contribution in [0.25, 0.3) is 0 Å². The lowest BCUT2D eigenvalue weighted by Crippen LogP contribution is -2.43. The van der Waals surface area contributed by atoms with Gasteiger partial charge in [0.1, 0.15) is 0 Å². The summed E-state index contributed by atoms with van der Waals surface area (Å²) in [6.45, 7) is 7.51. The van der Waals surface area contributed by atoms with Crippen LogP contribution >= 0.6 is 24.0 Å². The van der Waals surface area contributed by atoms with Crippen LogP contribution in [0.15, 0.2) is 58.4 Å². The Labute approximate surface area is 203 Å². The van der Waals surface area contributed by atoms with Gasteiger partial charge in [-0.25, -0.2) is 8.42 Å². The van der Waals surface area contributed by atoms with Crippen LogP contribution in [0.1, 0.15) is 25.0 Å². The second-order valence-corrected chi connectivity index (χ2v) is 9.74. The zero-order chi connectivity index (χ0) is 21.6. The van der Waals surface area contributed by atoms with Crippen LogP contribution in [0, 0.1) is 0 Å². The molecule has 1 heterocycles. The Morgan fingerprint density at radius 2 is 1.84 bits per heavy atom. The third kappa shape index (κ3) is 7.10. The van der Waals surface area contributed by atoms with Crippen molar-refractivity contribution in [2.45, 2.75) is 37.6 Å². The van der Waals surface area contributed by atoms with E-state index in [1.54, 1.807) is 12.1 Å². The number of nitrogens with one attached hydrogen (secondary N) is 2. The van der Waals surface area contributed by atoms with E-state index in [0.29, 0.717) is 17.5 Å². The Morgan fingerprint density at radius 3 is 2.52 bits per heavy atom. The van der Waals surface area contributed by atoms with E-state index < -0.39 is 9.84 Å². The Kier molecular flexibility index (Phi) is 9.61. The van der Waals surface area contributed by atoms with Crippen molar-refractivity contribution in [3.05, 3.63) is 59.7 Å². The first-order valence-corrected chi connectivity index (χ1v) is 12.4. The third-order valence-electron chi connectivity index (χ3n) is 5.36. The molecule has 0 aromatic heterocycles. The lowest BCUT2D eigenvalue weighted by atomic mass is 10.1. The van der Waals surface area contributed by atoms with E-state index in [4.69, 9.17) is 0 Å². The van der Waals surface area contributed by atoms with Gasteiger partial charge in [0.25, 0.3) is 0 Å². The molecule has 0 aliphatic carbocycles. The molecule has 0 saturated carbocycles. The van der Waals surface area contributed by atoms with Gasteiger partial charge in [0.05, 0.1) is 4.90 Å². The number of hydrogen-bond acceptors (Lipinski definition) is 4. The Bertz CT molecular complexity index is 977. The number of nitrogens with zero attached hydrogens (tertiary/aromatic N) is 2. The maximum Gasteiger partial charge on any atom is 0.191 e. The van der Waals surface area contributed by atoms with Crippen molar-refractivity contribution in [2.24, 2.45) is 4.99 Å². The summed E-state index contributed by atoms with van der Waals surface area (Å²) in [4.78, 5) is 7.47. The molecular formula is C23H33IN4O2S. The Balaban J connectivity index is 0.00000341. The fourth-order valence-electron chi connectivity index (χ4n) is 3.81. The molecule has 3 rings (SSSR count). The smallest absolute Gasteiger partial charge is 0.191 e. The molecule has 0 spiro atoms. The molecule has 1 atom stereocenters. The summed E-state index contributed by atoms with van der Waals surface area (Å²) in [6, 6.07) is 16.2. The molecule has 0 amide bonds. The average Bonchev–Trinajstić information content (AvgIpc) is 3.03. The lowest BCUT2D eigenvalue weighted by Gasteiger charge is -2.25. The number of para-hydroxylation sites is 1. The van der Waals surface area contributed by atoms with Crippen LogP contribution in [0.2, 0.25) is 0 Å². The van der Waals surface area contributed by atoms with E-state index in [0.717, 1.165) is 44.0 Å². The van der Waals surface area contributed by atoms with Crippen molar-refractivity contribution in [3.63, 3.8) is 0 Å². The summed E-state index contributed by atoms with van der Waals surface area (Å²) in [5.41, 5.74) is 3.84. The van der Waals surface area contributed by atoms with Gasteiger partial charge < -0.3 is 15.5 Å². The highest BCUT2D eigenvalue weighted by atomic mass is 127. The maximum atomic E-state index is 11.6. The van der Waals surface area contributed by atoms with Gasteiger partial charge in [0.15, 0.2) is 15.8 Å². The fraction of sp³-hybridized carbons (Fsp3) is 0.435. The molecule has 1 aliphatic heterocycles. The number of sulfone groups is 1. The van der Waals surface area contributed by atoms with Crippen LogP contribution < -0.4 is 15.5 Å². The minimum atomic E-state index is -3.15. The Morgan fingerprint density at radius 1 is 1.13 bits per heavy atom. The van der Waals surface area contributed by atoms with Crippen LogP contribution in [0.4, 0.5) is 5.69 Å². The summed E-state index contributed by atoms with van der Waals surface area (Å²) >= 11 is 0. The van der Waals surface area contributed by atoms with Crippen molar-refractivity contribution in [3.8, 4) is 0 Å². The topological polar surface area (TPSA) is 73.8 Å². The molecule has 0 radical (unpaired) electrons. The fourth-order valence-corrected chi connectivity index (χ4v) is 4.44. The molecule has 1 unspecified atom stereocenters. The zero-order valence-electron chi connectivity index (χ0n) is 18.5. The van der Waals surface area contributed by atoms with Gasteiger partial charge in [-0.15, -0.1) is 24.0 Å². The van der Waals surface area contributed by atoms with Gasteiger partial charge in [0, 0.05) is 44.2 Å². The molecule has 1 aliphatic rings. The highest BCUT2D eigenvalue weighted by molar-refractivity contribution is 14.0. The van der Waals surface area contributed by atoms with Crippen LogP contribution in [-0.2, 0) is 22.7 Å². The molecule has 2 aromatic rings. The van der Waals surface area contributed by atoms with E-state index in [-0.39, 0.29) is 24.0 Å². The first-order valence-electron chi connectivity index (χ1n) is 10.5. The first kappa shape index (κ1) is 25.5. The van der Waals surface area contributed by atoms with E-state index in [2.05, 4.69) is 58.6 Å². The van der Waals surface area contributed by atoms with Crippen molar-refractivity contribution < 1.29 is 8.42 Å². The number of guanidine groups is 1. The molecular weight excluding hydrogens is 523 g/mol. The highest BCUT2D eigenvalue weighted by Crippen LogP contribution is 2.31. The van der Waals surface area contributed by atoms with Gasteiger partial charge >= 0.3 is 0 Å². The number of halogens is 1. The van der Waals surface area contributed by atoms with E-state index in [1.165, 1.54) is 17.5 Å². The van der Waals surface area contributed by atoms with Gasteiger partial charge in [-0.1, -0.05) is 30.3 Å². The first-order chi connectivity index (χ1) is 14.4. The number of aliphatic imine (C=N–C) groups is 1. The quantitative estimate of drug-likeness (QED) is 0.297. The minimum absolute atomic E-state index is 0. The summed E-state index contributed by atoms with van der Waals surface area (Å²) in [6.07, 6.45) is 3.09. The predicted octanol–water partition coefficient (Wildman–Crippen LogP) is 3.26. The molecule has 2 N–H and O–H groups in total. The average molecular weight is 557 g/mol. The molecule has 0 bridgehead atoms. The van der Waals surface area contributed by atoms with Crippen molar-refractivity contribution in [1.82, 2.24) is 10.6 Å². The van der Waals surface area contributed by atoms with E-state index in [1.807, 2.05) is 12.1 Å². The maximum absolute atomic E-state index is 11.6. The highest BCUT2D eigenvalue weighted by Gasteiger charge is 2.24. The Hall–Kier alpha value is -1.81. The van der Waals surface area contributed by atoms with Crippen molar-refractivity contribution >= 4 is 45.5 Å². The minimum Gasteiger partial charge on any atom is -0.367 e. The number of benzene rings is 2. The monoisotopic (exact) mass is 556 g/mol. The largest absolute Gasteiger partial charge is 0.367 e. The van der Waals surface area contributed by atoms with Crippen molar-refractivity contribution in [2.75, 3.05) is 37.3 Å². The predicted molar refractivity (Wildman–Crippen MR) is 140 cm³/mol. The normalized spacial score (nSPS) is 15.9. The summed E-state index contributed by atoms with van der Waals surface area (Å²) in [5, 5.41) is 6.73. The summed E-state index contributed by atoms with van der Waals surface area (Å²) < 4.78 is 23.1. The second-order valence-electron chi connectivity index (χ2n) is 7.73. The number of rotatable bonds is 8. The lowest BCUT2D eigenvalue weighted by molar-refractivity contribution is 0.602. The summed E-state index contributed by atoms with van der Waals surface area (Å²) in [7, 11) is -3.15. The molecule has 6 nitrogen and oxygen atoms in total. The molecule has 170 valence electrons. The SMILES string of the molecule is CCNC(=NCCc1ccc(S(C)(=O)=O)cc1)NCCN1c2ccccc2CC1C.I. The van der Waals surface area contributed by atoms with E-state index >= 15 is 0 Å². The van der Waals surface area contributed by atoms with Crippen LogP contribution in [-0.4, -0.2) is 52.9 Å². The number of hydrogen-bond donors (Lipinski definition) is 2. The van der Waals surface area contributed by atoms with Gasteiger partial charge in [0.2, 0.25) is 0 Å². The number of anilines is 1. The number of fused-ring (bicyclic) bond motifs is 1. The van der Waals surface area contributed by atoms with Gasteiger partial charge in [-0.3, -0.25) is 4.99 Å². The van der Waals surface area contributed by atoms with Crippen molar-refractivity contribution in [1.29, 1.82) is 0 Å². The standard InChI is InChI=1S/C23H32N4O2S.HI/c1-4-24-23(25-14-13-19-9-11-21(12-10-19)30(3,28)29)26-15-16-27-18(2)17-20-7-5-6-8-22(20)27;/h5-12,18H,4,13-17H2,1-3H3,(H2,24,25,26);1H. The molecule has 8 heteroatoms. The zero-order valence-corrected chi connectivity index (χ0v) is 21.6. The molecule has 0 fully saturated rings. The van der Waals surface area contributed by atoms with Gasteiger partial charge in [-0.05, 0) is 56.0 Å². The molecule has 2 aromatic carbocycles.